The number of nitrogens with zero attached hydrogens (tertiary/aromatic N) is 1. The Kier molecular flexibility index (Phi) is 6.45. The smallest absolute Gasteiger partial charge is 0.387 e. The Morgan fingerprint density at radius 3 is 2.12 bits per heavy atom. The van der Waals surface area contributed by atoms with E-state index in [1.807, 2.05) is 13.8 Å². The van der Waals surface area contributed by atoms with Crippen LogP contribution in [-0.4, -0.2) is 24.8 Å². The molecule has 2 aromatic carbocycles. The summed E-state index contributed by atoms with van der Waals surface area (Å²) in [6, 6.07) is 12.6. The van der Waals surface area contributed by atoms with Crippen LogP contribution >= 0.6 is 0 Å². The van der Waals surface area contributed by atoms with E-state index in [0.717, 1.165) is 0 Å². The molecule has 0 aliphatic rings. The predicted molar refractivity (Wildman–Crippen MR) is 90.3 cm³/mol. The van der Waals surface area contributed by atoms with Crippen molar-refractivity contribution in [3.05, 3.63) is 59.7 Å². The summed E-state index contributed by atoms with van der Waals surface area (Å²) in [4.78, 5) is 12.0. The summed E-state index contributed by atoms with van der Waals surface area (Å²) in [5, 5.41) is 3.83. The highest BCUT2D eigenvalue weighted by Gasteiger charge is 2.05. The van der Waals surface area contributed by atoms with Crippen LogP contribution in [0.3, 0.4) is 0 Å². The van der Waals surface area contributed by atoms with Crippen molar-refractivity contribution < 1.29 is 23.0 Å². The van der Waals surface area contributed by atoms with Gasteiger partial charge in [-0.05, 0) is 67.9 Å². The maximum absolute atomic E-state index is 12.1. The van der Waals surface area contributed by atoms with Crippen LogP contribution in [0.5, 0.6) is 11.5 Å². The zero-order valence-electron chi connectivity index (χ0n) is 13.8. The Bertz CT molecular complexity index is 714. The van der Waals surface area contributed by atoms with Crippen molar-refractivity contribution in [3.8, 4) is 11.5 Å². The Morgan fingerprint density at radius 1 is 1.00 bits per heavy atom. The lowest BCUT2D eigenvalue weighted by Gasteiger charge is -2.09. The molecule has 0 aliphatic heterocycles. The number of halogens is 2. The zero-order chi connectivity index (χ0) is 18.2. The third kappa shape index (κ3) is 6.21. The molecule has 7 heteroatoms. The molecule has 1 N–H and O–H groups in total. The first kappa shape index (κ1) is 18.4. The van der Waals surface area contributed by atoms with E-state index in [1.165, 1.54) is 18.3 Å². The molecule has 0 radical (unpaired) electrons. The first-order valence-electron chi connectivity index (χ1n) is 7.59. The molecule has 0 fully saturated rings. The van der Waals surface area contributed by atoms with Crippen LogP contribution in [0, 0.1) is 0 Å². The Balaban J connectivity index is 1.89. The molecule has 132 valence electrons. The van der Waals surface area contributed by atoms with E-state index in [9.17, 15) is 13.6 Å². The van der Waals surface area contributed by atoms with Crippen LogP contribution in [0.2, 0.25) is 0 Å². The van der Waals surface area contributed by atoms with Crippen LogP contribution in [0.15, 0.2) is 53.6 Å². The Hall–Kier alpha value is -2.96. The van der Waals surface area contributed by atoms with E-state index in [1.54, 1.807) is 36.4 Å². The van der Waals surface area contributed by atoms with Gasteiger partial charge in [-0.2, -0.15) is 13.9 Å². The average Bonchev–Trinajstić information content (AvgIpc) is 2.56. The monoisotopic (exact) mass is 348 g/mol. The molecule has 0 heterocycles. The maximum Gasteiger partial charge on any atom is 0.387 e. The van der Waals surface area contributed by atoms with Crippen molar-refractivity contribution >= 4 is 12.1 Å². The number of hydrogen-bond donors (Lipinski definition) is 1. The van der Waals surface area contributed by atoms with Crippen LogP contribution in [0.1, 0.15) is 29.8 Å². The van der Waals surface area contributed by atoms with E-state index < -0.39 is 6.61 Å². The number of nitrogens with one attached hydrogen (secondary N) is 1. The molecule has 2 rings (SSSR count). The van der Waals surface area contributed by atoms with Crippen LogP contribution in [0.25, 0.3) is 0 Å². The van der Waals surface area contributed by atoms with E-state index in [4.69, 9.17) is 4.74 Å². The summed E-state index contributed by atoms with van der Waals surface area (Å²) in [6.45, 7) is 0.972. The van der Waals surface area contributed by atoms with Gasteiger partial charge < -0.3 is 9.47 Å². The summed E-state index contributed by atoms with van der Waals surface area (Å²) in [7, 11) is 0. The molecule has 5 nitrogen and oxygen atoms in total. The number of alkyl halides is 2. The van der Waals surface area contributed by atoms with Gasteiger partial charge in [0, 0.05) is 5.56 Å². The van der Waals surface area contributed by atoms with Crippen molar-refractivity contribution in [2.45, 2.75) is 26.6 Å². The van der Waals surface area contributed by atoms with Gasteiger partial charge in [0.05, 0.1) is 12.3 Å². The normalized spacial score (nSPS) is 11.1. The first-order valence-corrected chi connectivity index (χ1v) is 7.59. The molecule has 0 spiro atoms. The Labute approximate surface area is 144 Å². The van der Waals surface area contributed by atoms with E-state index in [2.05, 4.69) is 15.3 Å². The van der Waals surface area contributed by atoms with Crippen molar-refractivity contribution in [2.24, 2.45) is 5.10 Å². The second-order valence-electron chi connectivity index (χ2n) is 5.34. The predicted octanol–water partition coefficient (Wildman–Crippen LogP) is 3.84. The van der Waals surface area contributed by atoms with Gasteiger partial charge in [-0.3, -0.25) is 4.79 Å². The molecule has 0 aliphatic carbocycles. The Morgan fingerprint density at radius 2 is 1.56 bits per heavy atom. The number of hydrazone groups is 1. The second kappa shape index (κ2) is 8.77. The molecule has 0 bridgehead atoms. The molecular formula is C18H18F2N2O3. The summed E-state index contributed by atoms with van der Waals surface area (Å²) in [6.07, 6.45) is 1.46. The topological polar surface area (TPSA) is 59.9 Å². The highest BCUT2D eigenvalue weighted by Crippen LogP contribution is 2.15. The molecule has 0 saturated heterocycles. The van der Waals surface area contributed by atoms with Crippen molar-refractivity contribution in [2.75, 3.05) is 0 Å². The van der Waals surface area contributed by atoms with Crippen LogP contribution in [-0.2, 0) is 0 Å². The van der Waals surface area contributed by atoms with Gasteiger partial charge >= 0.3 is 6.61 Å². The third-order valence-corrected chi connectivity index (χ3v) is 2.97. The fourth-order valence-electron chi connectivity index (χ4n) is 1.92. The second-order valence-corrected chi connectivity index (χ2v) is 5.34. The van der Waals surface area contributed by atoms with E-state index in [-0.39, 0.29) is 17.8 Å². The maximum atomic E-state index is 12.1. The summed E-state index contributed by atoms with van der Waals surface area (Å²) in [5.41, 5.74) is 3.46. The minimum atomic E-state index is -2.86. The standard InChI is InChI=1S/C18H18F2N2O3/c1-12(2)24-15-9-5-14(6-10-15)17(23)22-21-11-13-3-7-16(8-4-13)25-18(19)20/h3-12,18H,1-2H3,(H,22,23)/b21-11-. The van der Waals surface area contributed by atoms with Crippen molar-refractivity contribution in [3.63, 3.8) is 0 Å². The number of rotatable bonds is 7. The van der Waals surface area contributed by atoms with Gasteiger partial charge in [0.15, 0.2) is 0 Å². The third-order valence-electron chi connectivity index (χ3n) is 2.97. The SMILES string of the molecule is CC(C)Oc1ccc(C(=O)N/N=C\c2ccc(OC(F)F)cc2)cc1. The lowest BCUT2D eigenvalue weighted by molar-refractivity contribution is -0.0498. The van der Waals surface area contributed by atoms with E-state index in [0.29, 0.717) is 16.9 Å². The average molecular weight is 348 g/mol. The first-order chi connectivity index (χ1) is 11.9. The minimum absolute atomic E-state index is 0.0555. The molecule has 1 amide bonds. The molecule has 0 saturated carbocycles. The summed E-state index contributed by atoms with van der Waals surface area (Å²) < 4.78 is 33.9. The van der Waals surface area contributed by atoms with Crippen molar-refractivity contribution in [1.82, 2.24) is 5.43 Å². The fraction of sp³-hybridized carbons (Fsp3) is 0.222. The quantitative estimate of drug-likeness (QED) is 0.611. The van der Waals surface area contributed by atoms with Gasteiger partial charge in [0.2, 0.25) is 0 Å². The van der Waals surface area contributed by atoms with Crippen LogP contribution in [0.4, 0.5) is 8.78 Å². The number of ether oxygens (including phenoxy) is 2. The minimum Gasteiger partial charge on any atom is -0.491 e. The molecule has 25 heavy (non-hydrogen) atoms. The molecule has 0 aromatic heterocycles. The van der Waals surface area contributed by atoms with Crippen molar-refractivity contribution in [1.29, 1.82) is 0 Å². The number of carbonyl (C=O) groups excluding carboxylic acids is 1. The molecule has 0 unspecified atom stereocenters. The number of benzene rings is 2. The number of carbonyl (C=O) groups is 1. The lowest BCUT2D eigenvalue weighted by Crippen LogP contribution is -2.17. The molecular weight excluding hydrogens is 330 g/mol. The van der Waals surface area contributed by atoms with Gasteiger partial charge in [-0.15, -0.1) is 0 Å². The summed E-state index contributed by atoms with van der Waals surface area (Å²) >= 11 is 0. The fourth-order valence-corrected chi connectivity index (χ4v) is 1.92. The number of hydrogen-bond acceptors (Lipinski definition) is 4. The zero-order valence-corrected chi connectivity index (χ0v) is 13.8. The lowest BCUT2D eigenvalue weighted by atomic mass is 10.2. The highest BCUT2D eigenvalue weighted by atomic mass is 19.3. The summed E-state index contributed by atoms with van der Waals surface area (Å²) in [5.74, 6) is 0.367. The van der Waals surface area contributed by atoms with Gasteiger partial charge in [-0.1, -0.05) is 0 Å². The highest BCUT2D eigenvalue weighted by molar-refractivity contribution is 5.95. The number of amides is 1. The van der Waals surface area contributed by atoms with Gasteiger partial charge in [0.25, 0.3) is 5.91 Å². The van der Waals surface area contributed by atoms with E-state index >= 15 is 0 Å². The van der Waals surface area contributed by atoms with Gasteiger partial charge in [-0.25, -0.2) is 5.43 Å². The molecule has 2 aromatic rings. The van der Waals surface area contributed by atoms with Crippen LogP contribution < -0.4 is 14.9 Å². The largest absolute Gasteiger partial charge is 0.491 e. The van der Waals surface area contributed by atoms with Gasteiger partial charge in [0.1, 0.15) is 11.5 Å². The molecule has 0 atom stereocenters.